The van der Waals surface area contributed by atoms with Gasteiger partial charge in [-0.05, 0) is 38.3 Å². The fourth-order valence-electron chi connectivity index (χ4n) is 0.384. The largest absolute Gasteiger partial charge is 0.377 e. The van der Waals surface area contributed by atoms with Crippen molar-refractivity contribution in [1.29, 1.82) is 0 Å². The van der Waals surface area contributed by atoms with Crippen LogP contribution in [0.4, 0.5) is 0 Å². The third-order valence-electron chi connectivity index (χ3n) is 0.675. The summed E-state index contributed by atoms with van der Waals surface area (Å²) in [7, 11) is 0. The lowest BCUT2D eigenvalue weighted by atomic mass is 10.7. The highest BCUT2D eigenvalue weighted by Gasteiger charge is 1.84. The molecule has 72 valence electrons. The van der Waals surface area contributed by atoms with Gasteiger partial charge in [-0.1, -0.05) is 0 Å². The molecule has 0 aliphatic rings. The lowest BCUT2D eigenvalue weighted by Crippen LogP contribution is -2.34. The average molecular weight is 208 g/mol. The van der Waals surface area contributed by atoms with E-state index in [1.54, 1.807) is 0 Å². The van der Waals surface area contributed by atoms with Gasteiger partial charge in [-0.25, -0.2) is 0 Å². The van der Waals surface area contributed by atoms with Gasteiger partial charge in [0.1, 0.15) is 0 Å². The highest BCUT2D eigenvalue weighted by molar-refractivity contribution is 7.80. The Bertz CT molecular complexity index is 126. The molecule has 0 saturated heterocycles. The van der Waals surface area contributed by atoms with E-state index in [1.807, 2.05) is 13.8 Å². The smallest absolute Gasteiger partial charge is 0.166 e. The summed E-state index contributed by atoms with van der Waals surface area (Å²) < 4.78 is 0. The summed E-state index contributed by atoms with van der Waals surface area (Å²) in [6, 6.07) is 0. The van der Waals surface area contributed by atoms with E-state index in [1.165, 1.54) is 0 Å². The van der Waals surface area contributed by atoms with Crippen molar-refractivity contribution in [2.24, 2.45) is 11.5 Å². The Morgan fingerprint density at radius 1 is 1.08 bits per heavy atom. The second-order valence-corrected chi connectivity index (χ2v) is 2.67. The van der Waals surface area contributed by atoms with Crippen LogP contribution in [0.15, 0.2) is 0 Å². The third-order valence-corrected chi connectivity index (χ3v) is 0.963. The maximum absolute atomic E-state index is 4.83. The molecule has 0 rings (SSSR count). The fourth-order valence-corrected chi connectivity index (χ4v) is 0.672. The zero-order valence-corrected chi connectivity index (χ0v) is 9.02. The fraction of sp³-hybridized carbons (Fsp3) is 0.667. The zero-order chi connectivity index (χ0) is 9.98. The van der Waals surface area contributed by atoms with Gasteiger partial charge in [-0.2, -0.15) is 0 Å². The van der Waals surface area contributed by atoms with Crippen molar-refractivity contribution in [3.05, 3.63) is 0 Å². The average Bonchev–Trinajstić information content (AvgIpc) is 1.87. The van der Waals surface area contributed by atoms with Crippen molar-refractivity contribution in [3.63, 3.8) is 0 Å². The topological polar surface area (TPSA) is 76.1 Å². The summed E-state index contributed by atoms with van der Waals surface area (Å²) in [5.74, 6) is 0. The molecule has 6 N–H and O–H groups in total. The van der Waals surface area contributed by atoms with E-state index in [-0.39, 0.29) is 5.11 Å². The number of nitrogens with two attached hydrogens (primary N) is 2. The SMILES string of the molecule is CCNC(=S)NCC.NC(N)=S. The van der Waals surface area contributed by atoms with E-state index in [9.17, 15) is 0 Å². The van der Waals surface area contributed by atoms with Crippen LogP contribution in [0.25, 0.3) is 0 Å². The van der Waals surface area contributed by atoms with Crippen LogP contribution >= 0.6 is 24.4 Å². The highest BCUT2D eigenvalue weighted by Crippen LogP contribution is 1.62. The first-order valence-corrected chi connectivity index (χ1v) is 4.42. The molecule has 0 unspecified atom stereocenters. The summed E-state index contributed by atoms with van der Waals surface area (Å²) in [6.45, 7) is 5.82. The minimum absolute atomic E-state index is 0.000000000000000222. The van der Waals surface area contributed by atoms with E-state index in [0.717, 1.165) is 18.2 Å². The second-order valence-electron chi connectivity index (χ2n) is 1.79. The molecule has 0 spiro atoms. The van der Waals surface area contributed by atoms with Gasteiger partial charge >= 0.3 is 0 Å². The van der Waals surface area contributed by atoms with Crippen LogP contribution in [0.3, 0.4) is 0 Å². The molecule has 12 heavy (non-hydrogen) atoms. The minimum Gasteiger partial charge on any atom is -0.377 e. The van der Waals surface area contributed by atoms with Gasteiger partial charge in [0.2, 0.25) is 0 Å². The number of rotatable bonds is 2. The standard InChI is InChI=1S/C5H12N2S.CH4N2S/c1-3-6-5(8)7-4-2;2-1(3)4/h3-4H2,1-2H3,(H2,6,7,8);(H4,2,3,4). The summed E-state index contributed by atoms with van der Waals surface area (Å²) in [6.07, 6.45) is 0. The molecular weight excluding hydrogens is 192 g/mol. The van der Waals surface area contributed by atoms with Gasteiger partial charge in [0.15, 0.2) is 10.2 Å². The Morgan fingerprint density at radius 2 is 1.33 bits per heavy atom. The molecule has 0 radical (unpaired) electrons. The molecule has 0 aromatic carbocycles. The Labute approximate surface area is 84.1 Å². The molecule has 0 aromatic rings. The molecule has 0 bridgehead atoms. The maximum atomic E-state index is 4.83. The maximum Gasteiger partial charge on any atom is 0.166 e. The van der Waals surface area contributed by atoms with Crippen LogP contribution in [0.5, 0.6) is 0 Å². The van der Waals surface area contributed by atoms with Crippen molar-refractivity contribution in [1.82, 2.24) is 10.6 Å². The molecule has 0 amide bonds. The van der Waals surface area contributed by atoms with Crippen LogP contribution in [0.2, 0.25) is 0 Å². The molecule has 0 fully saturated rings. The Hall–Kier alpha value is -0.620. The molecule has 0 aliphatic carbocycles. The molecule has 0 aliphatic heterocycles. The van der Waals surface area contributed by atoms with Gasteiger partial charge in [-0.3, -0.25) is 0 Å². The molecule has 4 nitrogen and oxygen atoms in total. The van der Waals surface area contributed by atoms with E-state index < -0.39 is 0 Å². The van der Waals surface area contributed by atoms with E-state index in [0.29, 0.717) is 0 Å². The molecule has 0 aromatic heterocycles. The van der Waals surface area contributed by atoms with E-state index in [2.05, 4.69) is 34.3 Å². The van der Waals surface area contributed by atoms with Crippen LogP contribution in [0, 0.1) is 0 Å². The van der Waals surface area contributed by atoms with E-state index in [4.69, 9.17) is 12.2 Å². The summed E-state index contributed by atoms with van der Waals surface area (Å²) >= 11 is 8.92. The van der Waals surface area contributed by atoms with Gasteiger partial charge in [0.25, 0.3) is 0 Å². The van der Waals surface area contributed by atoms with Crippen molar-refractivity contribution in [2.45, 2.75) is 13.8 Å². The quantitative estimate of drug-likeness (QED) is 0.466. The lowest BCUT2D eigenvalue weighted by Gasteiger charge is -2.03. The zero-order valence-electron chi connectivity index (χ0n) is 7.39. The van der Waals surface area contributed by atoms with Gasteiger partial charge in [0, 0.05) is 13.1 Å². The summed E-state index contributed by atoms with van der Waals surface area (Å²) in [5, 5.41) is 6.68. The first kappa shape index (κ1) is 13.9. The first-order chi connectivity index (χ1) is 5.54. The molecule has 0 saturated carbocycles. The predicted octanol–water partition coefficient (Wildman–Crippen LogP) is -0.321. The second kappa shape index (κ2) is 10.4. The highest BCUT2D eigenvalue weighted by atomic mass is 32.1. The van der Waals surface area contributed by atoms with Crippen LogP contribution < -0.4 is 22.1 Å². The van der Waals surface area contributed by atoms with Crippen molar-refractivity contribution in [2.75, 3.05) is 13.1 Å². The van der Waals surface area contributed by atoms with Crippen molar-refractivity contribution >= 4 is 34.7 Å². The van der Waals surface area contributed by atoms with Gasteiger partial charge in [0.05, 0.1) is 0 Å². The summed E-state index contributed by atoms with van der Waals surface area (Å²) in [5.41, 5.74) is 9.24. The minimum atomic E-state index is 0.000000000000000222. The van der Waals surface area contributed by atoms with Crippen molar-refractivity contribution in [3.8, 4) is 0 Å². The van der Waals surface area contributed by atoms with Crippen LogP contribution in [-0.2, 0) is 0 Å². The third kappa shape index (κ3) is 22.8. The molecular formula is C6H16N4S2. The van der Waals surface area contributed by atoms with E-state index >= 15 is 0 Å². The molecule has 0 atom stereocenters. The van der Waals surface area contributed by atoms with Crippen LogP contribution in [0.1, 0.15) is 13.8 Å². The molecule has 6 heteroatoms. The Kier molecular flexibility index (Phi) is 12.1. The lowest BCUT2D eigenvalue weighted by molar-refractivity contribution is 0.883. The predicted molar refractivity (Wildman–Crippen MR) is 60.9 cm³/mol. The first-order valence-electron chi connectivity index (χ1n) is 3.61. The monoisotopic (exact) mass is 208 g/mol. The Morgan fingerprint density at radius 3 is 1.50 bits per heavy atom. The number of thiocarbonyl (C=S) groups is 2. The summed E-state index contributed by atoms with van der Waals surface area (Å²) in [4.78, 5) is 0. The van der Waals surface area contributed by atoms with Gasteiger partial charge in [-0.15, -0.1) is 0 Å². The molecule has 0 heterocycles. The van der Waals surface area contributed by atoms with Gasteiger partial charge < -0.3 is 22.1 Å². The normalized spacial score (nSPS) is 7.50. The number of nitrogens with one attached hydrogen (secondary N) is 2. The number of hydrogen-bond acceptors (Lipinski definition) is 2. The van der Waals surface area contributed by atoms with Crippen molar-refractivity contribution < 1.29 is 0 Å². The number of hydrogen-bond donors (Lipinski definition) is 4. The van der Waals surface area contributed by atoms with Crippen LogP contribution in [-0.4, -0.2) is 23.3 Å². The Balaban J connectivity index is 0.